The van der Waals surface area contributed by atoms with Gasteiger partial charge in [0.25, 0.3) is 0 Å². The summed E-state index contributed by atoms with van der Waals surface area (Å²) in [6.07, 6.45) is 4.44. The molecule has 0 aromatic heterocycles. The Morgan fingerprint density at radius 2 is 2.12 bits per heavy atom. The van der Waals surface area contributed by atoms with Crippen molar-refractivity contribution in [2.75, 3.05) is 6.61 Å². The molecule has 0 N–H and O–H groups in total. The molecule has 2 nitrogen and oxygen atoms in total. The molecule has 2 rings (SSSR count). The van der Waals surface area contributed by atoms with Gasteiger partial charge in [-0.05, 0) is 31.7 Å². The molecule has 0 radical (unpaired) electrons. The first-order chi connectivity index (χ1) is 7.83. The molecule has 1 aromatic rings. The number of aryl methyl sites for hydroxylation is 1. The number of ketones is 1. The smallest absolute Gasteiger partial charge is 0.192 e. The van der Waals surface area contributed by atoms with Gasteiger partial charge in [-0.3, -0.25) is 4.79 Å². The van der Waals surface area contributed by atoms with Crippen molar-refractivity contribution in [2.24, 2.45) is 0 Å². The van der Waals surface area contributed by atoms with Crippen molar-refractivity contribution < 1.29 is 9.53 Å². The van der Waals surface area contributed by atoms with Crippen LogP contribution in [0, 0.1) is 0 Å². The van der Waals surface area contributed by atoms with Crippen LogP contribution in [0.15, 0.2) is 36.1 Å². The van der Waals surface area contributed by atoms with E-state index in [1.54, 1.807) is 6.26 Å². The molecule has 1 aliphatic carbocycles. The van der Waals surface area contributed by atoms with Gasteiger partial charge in [0.15, 0.2) is 5.78 Å². The summed E-state index contributed by atoms with van der Waals surface area (Å²) in [4.78, 5) is 12.2. The summed E-state index contributed by atoms with van der Waals surface area (Å²) in [6, 6.07) is 7.85. The SMILES string of the molecule is CCOC=C1CCCc2ccccc2C1=O. The van der Waals surface area contributed by atoms with E-state index >= 15 is 0 Å². The number of hydrogen-bond acceptors (Lipinski definition) is 2. The van der Waals surface area contributed by atoms with Crippen LogP contribution in [0.4, 0.5) is 0 Å². The number of allylic oxidation sites excluding steroid dienone is 1. The minimum absolute atomic E-state index is 0.126. The maximum atomic E-state index is 12.2. The van der Waals surface area contributed by atoms with E-state index in [4.69, 9.17) is 4.74 Å². The summed E-state index contributed by atoms with van der Waals surface area (Å²) < 4.78 is 5.23. The molecular formula is C14H16O2. The molecule has 0 amide bonds. The molecule has 0 saturated heterocycles. The van der Waals surface area contributed by atoms with E-state index < -0.39 is 0 Å². The van der Waals surface area contributed by atoms with Crippen LogP contribution in [0.5, 0.6) is 0 Å². The van der Waals surface area contributed by atoms with Gasteiger partial charge >= 0.3 is 0 Å². The Labute approximate surface area is 95.9 Å². The van der Waals surface area contributed by atoms with E-state index in [9.17, 15) is 4.79 Å². The molecule has 2 heteroatoms. The van der Waals surface area contributed by atoms with Gasteiger partial charge in [0.1, 0.15) is 0 Å². The normalized spacial score (nSPS) is 18.1. The van der Waals surface area contributed by atoms with Crippen molar-refractivity contribution >= 4 is 5.78 Å². The van der Waals surface area contributed by atoms with Crippen LogP contribution in [-0.4, -0.2) is 12.4 Å². The molecule has 0 fully saturated rings. The Bertz CT molecular complexity index is 418. The van der Waals surface area contributed by atoms with Gasteiger partial charge in [0.2, 0.25) is 0 Å². The van der Waals surface area contributed by atoms with Gasteiger partial charge in [-0.15, -0.1) is 0 Å². The number of ether oxygens (including phenoxy) is 1. The first-order valence-corrected chi connectivity index (χ1v) is 5.76. The Morgan fingerprint density at radius 3 is 2.94 bits per heavy atom. The first-order valence-electron chi connectivity index (χ1n) is 5.76. The van der Waals surface area contributed by atoms with Crippen LogP contribution in [0.25, 0.3) is 0 Å². The predicted octanol–water partition coefficient (Wildman–Crippen LogP) is 3.13. The van der Waals surface area contributed by atoms with Gasteiger partial charge in [0, 0.05) is 11.1 Å². The molecule has 0 unspecified atom stereocenters. The number of Topliss-reactive ketones (excluding diaryl/α,β-unsaturated/α-hetero) is 1. The van der Waals surface area contributed by atoms with Crippen LogP contribution in [0.1, 0.15) is 35.7 Å². The Hall–Kier alpha value is -1.57. The lowest BCUT2D eigenvalue weighted by Gasteiger charge is -2.04. The number of fused-ring (bicyclic) bond motifs is 1. The maximum Gasteiger partial charge on any atom is 0.192 e. The van der Waals surface area contributed by atoms with E-state index in [1.807, 2.05) is 31.2 Å². The second kappa shape index (κ2) is 4.97. The third-order valence-corrected chi connectivity index (χ3v) is 2.84. The lowest BCUT2D eigenvalue weighted by Crippen LogP contribution is -2.04. The van der Waals surface area contributed by atoms with E-state index in [-0.39, 0.29) is 5.78 Å². The summed E-state index contributed by atoms with van der Waals surface area (Å²) in [5.74, 6) is 0.126. The average molecular weight is 216 g/mol. The van der Waals surface area contributed by atoms with Crippen molar-refractivity contribution in [1.82, 2.24) is 0 Å². The Balaban J connectivity index is 2.33. The maximum absolute atomic E-state index is 12.2. The molecule has 0 aliphatic heterocycles. The topological polar surface area (TPSA) is 26.3 Å². The van der Waals surface area contributed by atoms with Crippen LogP contribution in [0.2, 0.25) is 0 Å². The highest BCUT2D eigenvalue weighted by atomic mass is 16.5. The van der Waals surface area contributed by atoms with Crippen LogP contribution in [-0.2, 0) is 11.2 Å². The van der Waals surface area contributed by atoms with E-state index in [0.717, 1.165) is 36.0 Å². The van der Waals surface area contributed by atoms with Crippen LogP contribution < -0.4 is 0 Å². The third kappa shape index (κ3) is 2.16. The van der Waals surface area contributed by atoms with Crippen molar-refractivity contribution in [1.29, 1.82) is 0 Å². The highest BCUT2D eigenvalue weighted by Crippen LogP contribution is 2.23. The van der Waals surface area contributed by atoms with Crippen molar-refractivity contribution in [3.05, 3.63) is 47.2 Å². The Morgan fingerprint density at radius 1 is 1.31 bits per heavy atom. The van der Waals surface area contributed by atoms with Gasteiger partial charge < -0.3 is 4.74 Å². The van der Waals surface area contributed by atoms with E-state index in [0.29, 0.717) is 6.61 Å². The van der Waals surface area contributed by atoms with Crippen molar-refractivity contribution in [3.8, 4) is 0 Å². The van der Waals surface area contributed by atoms with Crippen molar-refractivity contribution in [2.45, 2.75) is 26.2 Å². The fourth-order valence-corrected chi connectivity index (χ4v) is 2.01. The number of rotatable bonds is 2. The lowest BCUT2D eigenvalue weighted by atomic mass is 10.0. The largest absolute Gasteiger partial charge is 0.501 e. The van der Waals surface area contributed by atoms with Crippen molar-refractivity contribution in [3.63, 3.8) is 0 Å². The second-order valence-electron chi connectivity index (χ2n) is 3.94. The van der Waals surface area contributed by atoms with Gasteiger partial charge in [0.05, 0.1) is 12.9 Å². The summed E-state index contributed by atoms with van der Waals surface area (Å²) >= 11 is 0. The first kappa shape index (κ1) is 10.9. The molecular weight excluding hydrogens is 200 g/mol. The van der Waals surface area contributed by atoms with Gasteiger partial charge in [-0.2, -0.15) is 0 Å². The molecule has 16 heavy (non-hydrogen) atoms. The fourth-order valence-electron chi connectivity index (χ4n) is 2.01. The quantitative estimate of drug-likeness (QED) is 0.431. The summed E-state index contributed by atoms with van der Waals surface area (Å²) in [6.45, 7) is 2.53. The summed E-state index contributed by atoms with van der Waals surface area (Å²) in [7, 11) is 0. The number of carbonyl (C=O) groups is 1. The monoisotopic (exact) mass is 216 g/mol. The molecule has 84 valence electrons. The predicted molar refractivity (Wildman–Crippen MR) is 63.4 cm³/mol. The molecule has 0 saturated carbocycles. The molecule has 1 aliphatic rings. The summed E-state index contributed by atoms with van der Waals surface area (Å²) in [5, 5.41) is 0. The fraction of sp³-hybridized carbons (Fsp3) is 0.357. The summed E-state index contributed by atoms with van der Waals surface area (Å²) in [5.41, 5.74) is 2.80. The molecule has 0 heterocycles. The minimum atomic E-state index is 0.126. The zero-order valence-corrected chi connectivity index (χ0v) is 9.53. The zero-order chi connectivity index (χ0) is 11.4. The number of benzene rings is 1. The van der Waals surface area contributed by atoms with Gasteiger partial charge in [-0.25, -0.2) is 0 Å². The van der Waals surface area contributed by atoms with Gasteiger partial charge in [-0.1, -0.05) is 24.3 Å². The lowest BCUT2D eigenvalue weighted by molar-refractivity contribution is 0.102. The number of carbonyl (C=O) groups excluding carboxylic acids is 1. The Kier molecular flexibility index (Phi) is 3.40. The van der Waals surface area contributed by atoms with Crippen LogP contribution >= 0.6 is 0 Å². The average Bonchev–Trinajstić information content (AvgIpc) is 2.47. The molecule has 0 bridgehead atoms. The standard InChI is InChI=1S/C14H16O2/c1-2-16-10-12-8-5-7-11-6-3-4-9-13(11)14(12)15/h3-4,6,9-10H,2,5,7-8H2,1H3. The molecule has 0 spiro atoms. The number of hydrogen-bond donors (Lipinski definition) is 0. The van der Waals surface area contributed by atoms with E-state index in [2.05, 4.69) is 0 Å². The minimum Gasteiger partial charge on any atom is -0.501 e. The third-order valence-electron chi connectivity index (χ3n) is 2.84. The van der Waals surface area contributed by atoms with Crippen LogP contribution in [0.3, 0.4) is 0 Å². The zero-order valence-electron chi connectivity index (χ0n) is 9.53. The molecule has 1 aromatic carbocycles. The molecule has 0 atom stereocenters. The van der Waals surface area contributed by atoms with E-state index in [1.165, 1.54) is 0 Å². The highest BCUT2D eigenvalue weighted by Gasteiger charge is 2.19. The second-order valence-corrected chi connectivity index (χ2v) is 3.94. The highest BCUT2D eigenvalue weighted by molar-refractivity contribution is 6.09.